The van der Waals surface area contributed by atoms with Gasteiger partial charge in [-0.25, -0.2) is 8.91 Å². The first-order chi connectivity index (χ1) is 21.2. The van der Waals surface area contributed by atoms with Crippen molar-refractivity contribution in [1.29, 1.82) is 0 Å². The Bertz CT molecular complexity index is 1770. The third-order valence-corrected chi connectivity index (χ3v) is 7.04. The van der Waals surface area contributed by atoms with Gasteiger partial charge in [0.25, 0.3) is 5.91 Å². The van der Waals surface area contributed by atoms with Crippen LogP contribution in [0, 0.1) is 5.82 Å². The lowest BCUT2D eigenvalue weighted by atomic mass is 10.1. The molecule has 0 saturated heterocycles. The van der Waals surface area contributed by atoms with Gasteiger partial charge in [-0.2, -0.15) is 4.98 Å². The van der Waals surface area contributed by atoms with Crippen molar-refractivity contribution in [1.82, 2.24) is 24.4 Å². The molecule has 0 saturated carbocycles. The predicted octanol–water partition coefficient (Wildman–Crippen LogP) is 5.10. The summed E-state index contributed by atoms with van der Waals surface area (Å²) in [7, 11) is 7.27. The average Bonchev–Trinajstić information content (AvgIpc) is 3.42. The van der Waals surface area contributed by atoms with E-state index in [0.717, 1.165) is 23.2 Å². The Kier molecular flexibility index (Phi) is 9.15. The van der Waals surface area contributed by atoms with E-state index >= 15 is 0 Å². The molecule has 0 unspecified atom stereocenters. The van der Waals surface area contributed by atoms with Crippen molar-refractivity contribution < 1.29 is 18.7 Å². The van der Waals surface area contributed by atoms with Crippen LogP contribution in [-0.4, -0.2) is 77.6 Å². The molecule has 0 fully saturated rings. The van der Waals surface area contributed by atoms with E-state index in [1.54, 1.807) is 53.9 Å². The van der Waals surface area contributed by atoms with Gasteiger partial charge in [-0.15, -0.1) is 5.10 Å². The summed E-state index contributed by atoms with van der Waals surface area (Å²) in [5.41, 5.74) is 5.06. The number of nitrogens with zero attached hydrogens (tertiary/aromatic N) is 5. The van der Waals surface area contributed by atoms with Crippen LogP contribution in [0.15, 0.2) is 85.1 Å². The van der Waals surface area contributed by atoms with Crippen LogP contribution in [0.3, 0.4) is 0 Å². The molecule has 5 rings (SSSR count). The number of ether oxygens (including phenoxy) is 1. The number of anilines is 3. The van der Waals surface area contributed by atoms with Gasteiger partial charge >= 0.3 is 0 Å². The molecule has 2 aromatic heterocycles. The fourth-order valence-electron chi connectivity index (χ4n) is 4.57. The van der Waals surface area contributed by atoms with Gasteiger partial charge in [-0.3, -0.25) is 9.59 Å². The summed E-state index contributed by atoms with van der Waals surface area (Å²) >= 11 is 0. The van der Waals surface area contributed by atoms with Crippen LogP contribution in [0.25, 0.3) is 16.8 Å². The molecule has 2 heterocycles. The molecule has 0 aliphatic carbocycles. The molecule has 0 spiro atoms. The van der Waals surface area contributed by atoms with Gasteiger partial charge < -0.3 is 25.2 Å². The van der Waals surface area contributed by atoms with Crippen LogP contribution in [0.2, 0.25) is 0 Å². The largest absolute Gasteiger partial charge is 0.495 e. The lowest BCUT2D eigenvalue weighted by Crippen LogP contribution is -2.33. The van der Waals surface area contributed by atoms with Gasteiger partial charge in [0.15, 0.2) is 5.65 Å². The van der Waals surface area contributed by atoms with Crippen LogP contribution >= 0.6 is 0 Å². The summed E-state index contributed by atoms with van der Waals surface area (Å²) in [4.78, 5) is 33.6. The molecule has 11 heteroatoms. The number of halogens is 1. The summed E-state index contributed by atoms with van der Waals surface area (Å²) in [6, 6.07) is 22.4. The van der Waals surface area contributed by atoms with Gasteiger partial charge in [-0.05, 0) is 79.8 Å². The number of carbonyl (C=O) groups excluding carboxylic acids is 2. The van der Waals surface area contributed by atoms with E-state index in [2.05, 4.69) is 20.7 Å². The zero-order chi connectivity index (χ0) is 31.2. The van der Waals surface area contributed by atoms with Crippen molar-refractivity contribution in [2.75, 3.05) is 52.0 Å². The Morgan fingerprint density at radius 3 is 2.34 bits per heavy atom. The number of hydrogen-bond acceptors (Lipinski definition) is 7. The zero-order valence-electron chi connectivity index (χ0n) is 25.0. The Labute approximate surface area is 255 Å². The molecular formula is C33H34FN7O3. The molecule has 0 aliphatic rings. The highest BCUT2D eigenvalue weighted by Gasteiger charge is 2.16. The summed E-state index contributed by atoms with van der Waals surface area (Å²) in [6.07, 6.45) is 2.03. The quantitative estimate of drug-likeness (QED) is 0.219. The number of fused-ring (bicyclic) bond motifs is 1. The normalized spacial score (nSPS) is 11.0. The average molecular weight is 596 g/mol. The maximum absolute atomic E-state index is 13.1. The molecule has 0 aliphatic heterocycles. The third-order valence-electron chi connectivity index (χ3n) is 7.04. The number of nitrogens with one attached hydrogen (secondary N) is 2. The molecule has 0 bridgehead atoms. The number of benzene rings is 3. The molecule has 3 aromatic carbocycles. The van der Waals surface area contributed by atoms with E-state index in [-0.39, 0.29) is 24.1 Å². The first-order valence-corrected chi connectivity index (χ1v) is 14.0. The Morgan fingerprint density at radius 2 is 1.64 bits per heavy atom. The highest BCUT2D eigenvalue weighted by Crippen LogP contribution is 2.29. The summed E-state index contributed by atoms with van der Waals surface area (Å²) in [5, 5.41) is 10.6. The standard InChI is InChI=1S/C33H34FN7O3/c1-39(2)17-18-40(3)32(43)24-9-15-28(29(20-24)44-4)36-33-37-30-16-10-25(21-41(30)38-33)23-7-13-27(14-8-23)35-31(42)19-22-5-11-26(34)12-6-22/h5-16,20-21H,17-19H2,1-4H3,(H,35,42)(H,36,38). The predicted molar refractivity (Wildman–Crippen MR) is 169 cm³/mol. The highest BCUT2D eigenvalue weighted by atomic mass is 19.1. The first kappa shape index (κ1) is 30.2. The summed E-state index contributed by atoms with van der Waals surface area (Å²) in [5.74, 6) is 0.276. The van der Waals surface area contributed by atoms with E-state index in [0.29, 0.717) is 40.8 Å². The van der Waals surface area contributed by atoms with Gasteiger partial charge in [0.2, 0.25) is 11.9 Å². The molecular weight excluding hydrogens is 561 g/mol. The molecule has 10 nitrogen and oxygen atoms in total. The number of pyridine rings is 1. The van der Waals surface area contributed by atoms with Crippen molar-refractivity contribution in [2.24, 2.45) is 0 Å². The molecule has 0 atom stereocenters. The fraction of sp³-hybridized carbons (Fsp3) is 0.212. The highest BCUT2D eigenvalue weighted by molar-refractivity contribution is 5.95. The Hall–Kier alpha value is -5.29. The van der Waals surface area contributed by atoms with Crippen molar-refractivity contribution in [3.8, 4) is 16.9 Å². The molecule has 0 radical (unpaired) electrons. The lowest BCUT2D eigenvalue weighted by Gasteiger charge is -2.20. The number of methoxy groups -OCH3 is 1. The number of likely N-dealkylation sites (N-methyl/N-ethyl adjacent to an activating group) is 2. The number of rotatable bonds is 11. The van der Waals surface area contributed by atoms with Gasteiger partial charge in [0.05, 0.1) is 19.2 Å². The smallest absolute Gasteiger partial charge is 0.253 e. The molecule has 2 amide bonds. The summed E-state index contributed by atoms with van der Waals surface area (Å²) in [6.45, 7) is 1.38. The Balaban J connectivity index is 1.25. The van der Waals surface area contributed by atoms with Crippen molar-refractivity contribution in [2.45, 2.75) is 6.42 Å². The number of aromatic nitrogens is 3. The van der Waals surface area contributed by atoms with Crippen molar-refractivity contribution in [3.63, 3.8) is 0 Å². The second kappa shape index (κ2) is 13.3. The zero-order valence-corrected chi connectivity index (χ0v) is 25.0. The number of amides is 2. The SMILES string of the molecule is COc1cc(C(=O)N(C)CCN(C)C)ccc1Nc1nc2ccc(-c3ccc(NC(=O)Cc4ccc(F)cc4)cc3)cn2n1. The monoisotopic (exact) mass is 595 g/mol. The topological polar surface area (TPSA) is 104 Å². The van der Waals surface area contributed by atoms with Gasteiger partial charge in [0.1, 0.15) is 11.6 Å². The van der Waals surface area contributed by atoms with Gasteiger partial charge in [-0.1, -0.05) is 24.3 Å². The Morgan fingerprint density at radius 1 is 0.909 bits per heavy atom. The molecule has 226 valence electrons. The number of carbonyl (C=O) groups is 2. The van der Waals surface area contributed by atoms with Crippen LogP contribution < -0.4 is 15.4 Å². The second-order valence-electron chi connectivity index (χ2n) is 10.7. The minimum atomic E-state index is -0.333. The molecule has 2 N–H and O–H groups in total. The maximum Gasteiger partial charge on any atom is 0.253 e. The van der Waals surface area contributed by atoms with Gasteiger partial charge in [0, 0.05) is 43.1 Å². The minimum Gasteiger partial charge on any atom is -0.495 e. The van der Waals surface area contributed by atoms with Crippen LogP contribution in [0.4, 0.5) is 21.7 Å². The summed E-state index contributed by atoms with van der Waals surface area (Å²) < 4.78 is 20.4. The van der Waals surface area contributed by atoms with Crippen LogP contribution in [-0.2, 0) is 11.2 Å². The third kappa shape index (κ3) is 7.37. The number of hydrogen-bond donors (Lipinski definition) is 2. The minimum absolute atomic E-state index is 0.0875. The molecule has 44 heavy (non-hydrogen) atoms. The van der Waals surface area contributed by atoms with E-state index in [9.17, 15) is 14.0 Å². The first-order valence-electron chi connectivity index (χ1n) is 14.0. The van der Waals surface area contributed by atoms with E-state index in [4.69, 9.17) is 4.74 Å². The van der Waals surface area contributed by atoms with Crippen LogP contribution in [0.5, 0.6) is 5.75 Å². The lowest BCUT2D eigenvalue weighted by molar-refractivity contribution is -0.115. The van der Waals surface area contributed by atoms with Crippen LogP contribution in [0.1, 0.15) is 15.9 Å². The fourth-order valence-corrected chi connectivity index (χ4v) is 4.57. The second-order valence-corrected chi connectivity index (χ2v) is 10.7. The van der Waals surface area contributed by atoms with E-state index < -0.39 is 0 Å². The van der Waals surface area contributed by atoms with E-state index in [1.807, 2.05) is 61.6 Å². The van der Waals surface area contributed by atoms with E-state index in [1.165, 1.54) is 12.1 Å². The van der Waals surface area contributed by atoms with Crippen molar-refractivity contribution >= 4 is 34.8 Å². The maximum atomic E-state index is 13.1. The molecule has 5 aromatic rings. The van der Waals surface area contributed by atoms with Crippen molar-refractivity contribution in [3.05, 3.63) is 102 Å².